The second-order valence-corrected chi connectivity index (χ2v) is 5.15. The lowest BCUT2D eigenvalue weighted by Crippen LogP contribution is -2.26. The van der Waals surface area contributed by atoms with Crippen molar-refractivity contribution < 1.29 is 0 Å². The normalized spacial score (nSPS) is 23.2. The summed E-state index contributed by atoms with van der Waals surface area (Å²) in [6.45, 7) is 15.8. The minimum absolute atomic E-state index is 0.893. The van der Waals surface area contributed by atoms with Gasteiger partial charge in [-0.05, 0) is 50.8 Å². The second kappa shape index (κ2) is 6.70. The molecule has 1 fully saturated rings. The van der Waals surface area contributed by atoms with E-state index in [4.69, 9.17) is 0 Å². The SMILES string of the molecule is C=C(C)/C=C\C(=C)CN1CCCC(C)CC1. The van der Waals surface area contributed by atoms with Gasteiger partial charge >= 0.3 is 0 Å². The summed E-state index contributed by atoms with van der Waals surface area (Å²) >= 11 is 0. The van der Waals surface area contributed by atoms with E-state index in [0.29, 0.717) is 0 Å². The Balaban J connectivity index is 2.35. The van der Waals surface area contributed by atoms with E-state index in [9.17, 15) is 0 Å². The predicted octanol–water partition coefficient (Wildman–Crippen LogP) is 3.80. The van der Waals surface area contributed by atoms with Gasteiger partial charge in [-0.25, -0.2) is 0 Å². The predicted molar refractivity (Wildman–Crippen MR) is 72.5 cm³/mol. The van der Waals surface area contributed by atoms with Gasteiger partial charge in [-0.3, -0.25) is 4.90 Å². The summed E-state index contributed by atoms with van der Waals surface area (Å²) < 4.78 is 0. The summed E-state index contributed by atoms with van der Waals surface area (Å²) in [5.74, 6) is 0.893. The summed E-state index contributed by atoms with van der Waals surface area (Å²) in [5.41, 5.74) is 2.28. The summed E-state index contributed by atoms with van der Waals surface area (Å²) in [5, 5.41) is 0. The Kier molecular flexibility index (Phi) is 5.54. The molecule has 0 aromatic rings. The minimum atomic E-state index is 0.893. The van der Waals surface area contributed by atoms with Crippen molar-refractivity contribution in [2.75, 3.05) is 19.6 Å². The molecule has 0 N–H and O–H groups in total. The largest absolute Gasteiger partial charge is 0.299 e. The number of hydrogen-bond donors (Lipinski definition) is 0. The van der Waals surface area contributed by atoms with Gasteiger partial charge in [-0.2, -0.15) is 0 Å². The maximum atomic E-state index is 4.10. The fraction of sp³-hybridized carbons (Fsp3) is 0.600. The first kappa shape index (κ1) is 13.2. The monoisotopic (exact) mass is 219 g/mol. The molecule has 0 aromatic carbocycles. The first-order chi connectivity index (χ1) is 7.58. The second-order valence-electron chi connectivity index (χ2n) is 5.15. The molecule has 1 heterocycles. The molecule has 0 bridgehead atoms. The quantitative estimate of drug-likeness (QED) is 0.650. The topological polar surface area (TPSA) is 3.24 Å². The zero-order valence-corrected chi connectivity index (χ0v) is 10.8. The molecule has 0 aliphatic carbocycles. The van der Waals surface area contributed by atoms with Crippen LogP contribution in [-0.2, 0) is 0 Å². The van der Waals surface area contributed by atoms with Crippen LogP contribution in [0.15, 0.2) is 36.5 Å². The van der Waals surface area contributed by atoms with E-state index in [1.54, 1.807) is 0 Å². The Morgan fingerprint density at radius 1 is 1.25 bits per heavy atom. The van der Waals surface area contributed by atoms with Gasteiger partial charge < -0.3 is 0 Å². The van der Waals surface area contributed by atoms with Gasteiger partial charge in [-0.1, -0.05) is 37.8 Å². The fourth-order valence-corrected chi connectivity index (χ4v) is 2.08. The van der Waals surface area contributed by atoms with Gasteiger partial charge in [0.25, 0.3) is 0 Å². The lowest BCUT2D eigenvalue weighted by Gasteiger charge is -2.19. The van der Waals surface area contributed by atoms with Crippen molar-refractivity contribution in [3.8, 4) is 0 Å². The van der Waals surface area contributed by atoms with Gasteiger partial charge in [0.15, 0.2) is 0 Å². The molecule has 1 saturated heterocycles. The van der Waals surface area contributed by atoms with Gasteiger partial charge in [0.05, 0.1) is 0 Å². The molecular weight excluding hydrogens is 194 g/mol. The van der Waals surface area contributed by atoms with E-state index in [-0.39, 0.29) is 0 Å². The molecule has 0 amide bonds. The Morgan fingerprint density at radius 2 is 2.00 bits per heavy atom. The van der Waals surface area contributed by atoms with E-state index in [0.717, 1.165) is 18.0 Å². The van der Waals surface area contributed by atoms with E-state index in [1.165, 1.54) is 37.9 Å². The zero-order chi connectivity index (χ0) is 12.0. The van der Waals surface area contributed by atoms with Crippen molar-refractivity contribution in [3.05, 3.63) is 36.5 Å². The number of nitrogens with zero attached hydrogens (tertiary/aromatic N) is 1. The van der Waals surface area contributed by atoms with Crippen molar-refractivity contribution in [1.82, 2.24) is 4.90 Å². The third kappa shape index (κ3) is 5.32. The molecule has 1 atom stereocenters. The Labute approximate surface area is 101 Å². The van der Waals surface area contributed by atoms with Crippen molar-refractivity contribution in [2.45, 2.75) is 33.1 Å². The molecule has 1 heteroatoms. The lowest BCUT2D eigenvalue weighted by atomic mass is 10.0. The molecule has 1 aliphatic rings. The fourth-order valence-electron chi connectivity index (χ4n) is 2.08. The number of rotatable bonds is 4. The standard InChI is InChI=1S/C15H25N/c1-13(2)7-8-15(4)12-16-10-5-6-14(3)9-11-16/h7-8,14H,1,4-6,9-12H2,2-3H3/b8-7-. The van der Waals surface area contributed by atoms with Gasteiger partial charge in [-0.15, -0.1) is 0 Å². The number of hydrogen-bond acceptors (Lipinski definition) is 1. The van der Waals surface area contributed by atoms with Gasteiger partial charge in [0.1, 0.15) is 0 Å². The van der Waals surface area contributed by atoms with Gasteiger partial charge in [0.2, 0.25) is 0 Å². The maximum Gasteiger partial charge on any atom is 0.0227 e. The average molecular weight is 219 g/mol. The summed E-state index contributed by atoms with van der Waals surface area (Å²) in [4.78, 5) is 2.52. The van der Waals surface area contributed by atoms with E-state index < -0.39 is 0 Å². The van der Waals surface area contributed by atoms with Crippen LogP contribution in [0.2, 0.25) is 0 Å². The highest BCUT2D eigenvalue weighted by Crippen LogP contribution is 2.17. The molecular formula is C15H25N. The van der Waals surface area contributed by atoms with Gasteiger partial charge in [0, 0.05) is 6.54 Å². The third-order valence-corrected chi connectivity index (χ3v) is 3.14. The Morgan fingerprint density at radius 3 is 2.69 bits per heavy atom. The Hall–Kier alpha value is -0.820. The molecule has 1 unspecified atom stereocenters. The highest BCUT2D eigenvalue weighted by molar-refractivity contribution is 5.23. The minimum Gasteiger partial charge on any atom is -0.299 e. The van der Waals surface area contributed by atoms with Crippen molar-refractivity contribution in [1.29, 1.82) is 0 Å². The molecule has 16 heavy (non-hydrogen) atoms. The third-order valence-electron chi connectivity index (χ3n) is 3.14. The number of allylic oxidation sites excluding steroid dienone is 2. The van der Waals surface area contributed by atoms with Crippen LogP contribution in [0.25, 0.3) is 0 Å². The summed E-state index contributed by atoms with van der Waals surface area (Å²) in [7, 11) is 0. The summed E-state index contributed by atoms with van der Waals surface area (Å²) in [6.07, 6.45) is 8.18. The van der Waals surface area contributed by atoms with Crippen LogP contribution >= 0.6 is 0 Å². The van der Waals surface area contributed by atoms with Crippen molar-refractivity contribution >= 4 is 0 Å². The van der Waals surface area contributed by atoms with Crippen LogP contribution in [0.1, 0.15) is 33.1 Å². The molecule has 1 rings (SSSR count). The summed E-state index contributed by atoms with van der Waals surface area (Å²) in [6, 6.07) is 0. The highest BCUT2D eigenvalue weighted by Gasteiger charge is 2.13. The maximum absolute atomic E-state index is 4.10. The van der Waals surface area contributed by atoms with Crippen LogP contribution in [-0.4, -0.2) is 24.5 Å². The van der Waals surface area contributed by atoms with E-state index in [2.05, 4.69) is 31.1 Å². The van der Waals surface area contributed by atoms with E-state index >= 15 is 0 Å². The first-order valence-corrected chi connectivity index (χ1v) is 6.31. The van der Waals surface area contributed by atoms with Crippen LogP contribution in [0, 0.1) is 5.92 Å². The zero-order valence-electron chi connectivity index (χ0n) is 10.8. The van der Waals surface area contributed by atoms with Crippen LogP contribution < -0.4 is 0 Å². The lowest BCUT2D eigenvalue weighted by molar-refractivity contribution is 0.307. The van der Waals surface area contributed by atoms with E-state index in [1.807, 2.05) is 13.0 Å². The highest BCUT2D eigenvalue weighted by atomic mass is 15.1. The molecule has 90 valence electrons. The molecule has 0 saturated carbocycles. The molecule has 0 radical (unpaired) electrons. The molecule has 1 nitrogen and oxygen atoms in total. The smallest absolute Gasteiger partial charge is 0.0227 e. The molecule has 0 aromatic heterocycles. The van der Waals surface area contributed by atoms with Crippen LogP contribution in [0.5, 0.6) is 0 Å². The van der Waals surface area contributed by atoms with Crippen LogP contribution in [0.4, 0.5) is 0 Å². The van der Waals surface area contributed by atoms with Crippen molar-refractivity contribution in [2.24, 2.45) is 5.92 Å². The van der Waals surface area contributed by atoms with Crippen LogP contribution in [0.3, 0.4) is 0 Å². The molecule has 0 spiro atoms. The Bertz CT molecular complexity index is 275. The first-order valence-electron chi connectivity index (χ1n) is 6.31. The molecule has 1 aliphatic heterocycles. The average Bonchev–Trinajstić information content (AvgIpc) is 2.41. The van der Waals surface area contributed by atoms with Crippen molar-refractivity contribution in [3.63, 3.8) is 0 Å². The number of likely N-dealkylation sites (tertiary alicyclic amines) is 1.